The quantitative estimate of drug-likeness (QED) is 0.633. The van der Waals surface area contributed by atoms with Crippen LogP contribution in [0.1, 0.15) is 5.56 Å². The topological polar surface area (TPSA) is 55.5 Å². The summed E-state index contributed by atoms with van der Waals surface area (Å²) in [5.74, 6) is 0.333. The van der Waals surface area contributed by atoms with Gasteiger partial charge in [-0.3, -0.25) is 0 Å². The first-order chi connectivity index (χ1) is 8.15. The van der Waals surface area contributed by atoms with Crippen LogP contribution in [0.25, 0.3) is 0 Å². The molecular formula is C13H12FNO2. The number of phenols is 1. The predicted molar refractivity (Wildman–Crippen MR) is 63.3 cm³/mol. The minimum absolute atomic E-state index is 0.0514. The van der Waals surface area contributed by atoms with Crippen molar-refractivity contribution >= 4 is 5.69 Å². The van der Waals surface area contributed by atoms with Crippen molar-refractivity contribution in [1.29, 1.82) is 0 Å². The number of ether oxygens (including phenoxy) is 1. The Morgan fingerprint density at radius 2 is 1.82 bits per heavy atom. The third-order valence-electron chi connectivity index (χ3n) is 2.31. The second-order valence-corrected chi connectivity index (χ2v) is 3.64. The number of nitrogen functional groups attached to an aromatic ring is 1. The van der Waals surface area contributed by atoms with E-state index in [2.05, 4.69) is 0 Å². The second-order valence-electron chi connectivity index (χ2n) is 3.64. The highest BCUT2D eigenvalue weighted by molar-refractivity contribution is 5.53. The van der Waals surface area contributed by atoms with E-state index in [1.807, 2.05) is 0 Å². The Morgan fingerprint density at radius 3 is 2.47 bits per heavy atom. The first-order valence-electron chi connectivity index (χ1n) is 5.11. The summed E-state index contributed by atoms with van der Waals surface area (Å²) in [7, 11) is 0. The lowest BCUT2D eigenvalue weighted by Gasteiger charge is -2.07. The van der Waals surface area contributed by atoms with Gasteiger partial charge in [-0.2, -0.15) is 0 Å². The zero-order valence-electron chi connectivity index (χ0n) is 9.06. The second kappa shape index (κ2) is 4.74. The van der Waals surface area contributed by atoms with Gasteiger partial charge < -0.3 is 15.6 Å². The standard InChI is InChI=1S/C13H12FNO2/c14-10-2-4-11(5-3-10)17-8-9-1-6-13(16)12(15)7-9/h1-7,16H,8,15H2. The molecule has 2 rings (SSSR count). The van der Waals surface area contributed by atoms with Crippen molar-refractivity contribution < 1.29 is 14.2 Å². The van der Waals surface area contributed by atoms with E-state index < -0.39 is 0 Å². The molecule has 0 aliphatic rings. The molecule has 0 aliphatic heterocycles. The number of hydrogen-bond donors (Lipinski definition) is 2. The molecule has 3 N–H and O–H groups in total. The number of rotatable bonds is 3. The summed E-state index contributed by atoms with van der Waals surface area (Å²) in [4.78, 5) is 0. The van der Waals surface area contributed by atoms with Crippen molar-refractivity contribution in [3.05, 3.63) is 53.8 Å². The SMILES string of the molecule is Nc1cc(COc2ccc(F)cc2)ccc1O. The number of anilines is 1. The van der Waals surface area contributed by atoms with E-state index in [1.165, 1.54) is 18.2 Å². The number of aromatic hydroxyl groups is 1. The predicted octanol–water partition coefficient (Wildman–Crippen LogP) is 2.69. The molecule has 0 atom stereocenters. The molecule has 2 aromatic rings. The van der Waals surface area contributed by atoms with Gasteiger partial charge in [-0.1, -0.05) is 6.07 Å². The Bertz CT molecular complexity index is 511. The molecule has 0 saturated heterocycles. The van der Waals surface area contributed by atoms with E-state index in [0.29, 0.717) is 18.0 Å². The van der Waals surface area contributed by atoms with E-state index in [9.17, 15) is 9.50 Å². The molecule has 0 aromatic heterocycles. The first-order valence-corrected chi connectivity index (χ1v) is 5.11. The van der Waals surface area contributed by atoms with E-state index in [0.717, 1.165) is 5.56 Å². The zero-order chi connectivity index (χ0) is 12.3. The fourth-order valence-corrected chi connectivity index (χ4v) is 1.39. The lowest BCUT2D eigenvalue weighted by atomic mass is 10.2. The average Bonchev–Trinajstić information content (AvgIpc) is 2.33. The summed E-state index contributed by atoms with van der Waals surface area (Å²) < 4.78 is 18.1. The van der Waals surface area contributed by atoms with Gasteiger partial charge in [0.2, 0.25) is 0 Å². The van der Waals surface area contributed by atoms with Gasteiger partial charge in [-0.05, 0) is 42.0 Å². The lowest BCUT2D eigenvalue weighted by molar-refractivity contribution is 0.305. The molecule has 0 saturated carbocycles. The molecule has 4 heteroatoms. The molecule has 2 aromatic carbocycles. The number of nitrogens with two attached hydrogens (primary N) is 1. The Labute approximate surface area is 98.3 Å². The minimum Gasteiger partial charge on any atom is -0.506 e. The van der Waals surface area contributed by atoms with Crippen LogP contribution >= 0.6 is 0 Å². The highest BCUT2D eigenvalue weighted by atomic mass is 19.1. The van der Waals surface area contributed by atoms with Gasteiger partial charge in [0.15, 0.2) is 0 Å². The number of phenolic OH excluding ortho intramolecular Hbond substituents is 1. The van der Waals surface area contributed by atoms with E-state index in [-0.39, 0.29) is 11.6 Å². The highest BCUT2D eigenvalue weighted by Gasteiger charge is 2.00. The van der Waals surface area contributed by atoms with Gasteiger partial charge in [-0.15, -0.1) is 0 Å². The third kappa shape index (κ3) is 2.87. The minimum atomic E-state index is -0.300. The van der Waals surface area contributed by atoms with E-state index in [4.69, 9.17) is 10.5 Å². The maximum atomic E-state index is 12.6. The van der Waals surface area contributed by atoms with Gasteiger partial charge >= 0.3 is 0 Å². The average molecular weight is 233 g/mol. The monoisotopic (exact) mass is 233 g/mol. The van der Waals surface area contributed by atoms with Crippen LogP contribution in [0.2, 0.25) is 0 Å². The van der Waals surface area contributed by atoms with Crippen LogP contribution in [0.15, 0.2) is 42.5 Å². The Kier molecular flexibility index (Phi) is 3.14. The zero-order valence-corrected chi connectivity index (χ0v) is 9.06. The molecule has 0 amide bonds. The molecule has 0 radical (unpaired) electrons. The summed E-state index contributed by atoms with van der Waals surface area (Å²) in [6.07, 6.45) is 0. The van der Waals surface area contributed by atoms with Crippen molar-refractivity contribution in [2.75, 3.05) is 5.73 Å². The summed E-state index contributed by atoms with van der Waals surface area (Å²) in [5, 5.41) is 9.25. The Hall–Kier alpha value is -2.23. The molecule has 17 heavy (non-hydrogen) atoms. The molecule has 0 spiro atoms. The van der Waals surface area contributed by atoms with Crippen molar-refractivity contribution in [1.82, 2.24) is 0 Å². The summed E-state index contributed by atoms with van der Waals surface area (Å²) in [6, 6.07) is 10.6. The molecule has 0 heterocycles. The highest BCUT2D eigenvalue weighted by Crippen LogP contribution is 2.21. The normalized spacial score (nSPS) is 10.2. The van der Waals surface area contributed by atoms with Crippen LogP contribution in [0.4, 0.5) is 10.1 Å². The largest absolute Gasteiger partial charge is 0.506 e. The van der Waals surface area contributed by atoms with Crippen LogP contribution in [0, 0.1) is 5.82 Å². The summed E-state index contributed by atoms with van der Waals surface area (Å²) in [6.45, 7) is 0.316. The molecule has 88 valence electrons. The Balaban J connectivity index is 2.02. The molecule has 3 nitrogen and oxygen atoms in total. The maximum absolute atomic E-state index is 12.6. The van der Waals surface area contributed by atoms with Crippen LogP contribution in [-0.2, 0) is 6.61 Å². The fraction of sp³-hybridized carbons (Fsp3) is 0.0769. The third-order valence-corrected chi connectivity index (χ3v) is 2.31. The van der Waals surface area contributed by atoms with Gasteiger partial charge in [0.25, 0.3) is 0 Å². The van der Waals surface area contributed by atoms with Crippen LogP contribution in [0.3, 0.4) is 0 Å². The van der Waals surface area contributed by atoms with Gasteiger partial charge in [-0.25, -0.2) is 4.39 Å². The van der Waals surface area contributed by atoms with E-state index in [1.54, 1.807) is 24.3 Å². The van der Waals surface area contributed by atoms with Gasteiger partial charge in [0.1, 0.15) is 23.9 Å². The van der Waals surface area contributed by atoms with Crippen LogP contribution in [-0.4, -0.2) is 5.11 Å². The summed E-state index contributed by atoms with van der Waals surface area (Å²) in [5.41, 5.74) is 6.70. The molecule has 0 aliphatic carbocycles. The van der Waals surface area contributed by atoms with Gasteiger partial charge in [0, 0.05) is 0 Å². The number of hydrogen-bond acceptors (Lipinski definition) is 3. The molecule has 0 fully saturated rings. The lowest BCUT2D eigenvalue weighted by Crippen LogP contribution is -1.96. The Morgan fingerprint density at radius 1 is 1.12 bits per heavy atom. The maximum Gasteiger partial charge on any atom is 0.138 e. The van der Waals surface area contributed by atoms with E-state index >= 15 is 0 Å². The number of halogens is 1. The van der Waals surface area contributed by atoms with Crippen molar-refractivity contribution in [3.8, 4) is 11.5 Å². The van der Waals surface area contributed by atoms with Crippen LogP contribution in [0.5, 0.6) is 11.5 Å². The first kappa shape index (κ1) is 11.3. The van der Waals surface area contributed by atoms with Crippen molar-refractivity contribution in [3.63, 3.8) is 0 Å². The van der Waals surface area contributed by atoms with Crippen molar-refractivity contribution in [2.24, 2.45) is 0 Å². The van der Waals surface area contributed by atoms with Crippen molar-refractivity contribution in [2.45, 2.75) is 6.61 Å². The van der Waals surface area contributed by atoms with Crippen LogP contribution < -0.4 is 10.5 Å². The smallest absolute Gasteiger partial charge is 0.138 e. The number of benzene rings is 2. The van der Waals surface area contributed by atoms with Gasteiger partial charge in [0.05, 0.1) is 5.69 Å². The molecule has 0 unspecified atom stereocenters. The summed E-state index contributed by atoms with van der Waals surface area (Å²) >= 11 is 0. The molecule has 0 bridgehead atoms. The molecular weight excluding hydrogens is 221 g/mol. The fourth-order valence-electron chi connectivity index (χ4n) is 1.39.